The van der Waals surface area contributed by atoms with Crippen molar-refractivity contribution in [2.45, 2.75) is 20.0 Å². The molecule has 4 atom stereocenters. The summed E-state index contributed by atoms with van der Waals surface area (Å²) in [5.74, 6) is 0.953. The lowest BCUT2D eigenvalue weighted by Gasteiger charge is -2.23. The topological polar surface area (TPSA) is 84.7 Å². The van der Waals surface area contributed by atoms with E-state index in [9.17, 15) is 14.7 Å². The third-order valence-corrected chi connectivity index (χ3v) is 5.73. The van der Waals surface area contributed by atoms with Gasteiger partial charge in [0, 0.05) is 25.7 Å². The molecule has 0 radical (unpaired) electrons. The van der Waals surface area contributed by atoms with E-state index in [-0.39, 0.29) is 29.3 Å². The van der Waals surface area contributed by atoms with Crippen molar-refractivity contribution in [2.75, 3.05) is 25.1 Å². The summed E-state index contributed by atoms with van der Waals surface area (Å²) in [4.78, 5) is 31.4. The molecule has 1 aromatic carbocycles. The number of esters is 1. The molecule has 0 bridgehead atoms. The van der Waals surface area contributed by atoms with Crippen LogP contribution < -0.4 is 10.5 Å². The van der Waals surface area contributed by atoms with Crippen molar-refractivity contribution >= 4 is 22.8 Å². The van der Waals surface area contributed by atoms with E-state index in [4.69, 9.17) is 9.72 Å². The SMILES string of the molecule is COC(=O)C1[C@H]2CN(c3nc4c(C(C)O)cc(C)cc4c(=O)n3C)C[C@@H]12. The number of aryl methyl sites for hydroxylation is 1. The Morgan fingerprint density at radius 2 is 2.00 bits per heavy atom. The summed E-state index contributed by atoms with van der Waals surface area (Å²) < 4.78 is 6.41. The fraction of sp³-hybridized carbons (Fsp3) is 0.526. The number of piperidine rings is 1. The van der Waals surface area contributed by atoms with Gasteiger partial charge in [-0.1, -0.05) is 6.07 Å². The second kappa shape index (κ2) is 5.81. The van der Waals surface area contributed by atoms with Crippen LogP contribution in [-0.4, -0.2) is 40.8 Å². The molecule has 2 fully saturated rings. The Balaban J connectivity index is 1.75. The molecule has 2 unspecified atom stereocenters. The van der Waals surface area contributed by atoms with Gasteiger partial charge >= 0.3 is 5.97 Å². The van der Waals surface area contributed by atoms with Crippen LogP contribution in [0.3, 0.4) is 0 Å². The average Bonchev–Trinajstić information content (AvgIpc) is 3.10. The van der Waals surface area contributed by atoms with Crippen molar-refractivity contribution in [3.05, 3.63) is 33.6 Å². The molecule has 0 amide bonds. The summed E-state index contributed by atoms with van der Waals surface area (Å²) in [6.07, 6.45) is -0.708. The Kier molecular flexibility index (Phi) is 3.80. The quantitative estimate of drug-likeness (QED) is 0.830. The molecular formula is C19H23N3O4. The van der Waals surface area contributed by atoms with Gasteiger partial charge in [0.2, 0.25) is 5.95 Å². The number of hydrogen-bond acceptors (Lipinski definition) is 6. The Hall–Kier alpha value is -2.41. The van der Waals surface area contributed by atoms with Gasteiger partial charge in [-0.05, 0) is 37.3 Å². The Bertz CT molecular complexity index is 953. The van der Waals surface area contributed by atoms with Crippen LogP contribution in [0.2, 0.25) is 0 Å². The predicted molar refractivity (Wildman–Crippen MR) is 97.1 cm³/mol. The molecule has 7 nitrogen and oxygen atoms in total. The number of fused-ring (bicyclic) bond motifs is 2. The van der Waals surface area contributed by atoms with Crippen molar-refractivity contribution in [1.29, 1.82) is 0 Å². The van der Waals surface area contributed by atoms with E-state index >= 15 is 0 Å². The standard InChI is InChI=1S/C19H23N3O4/c1-9-5-11(10(2)23)16-12(6-9)17(24)21(3)19(20-16)22-7-13-14(8-22)15(13)18(25)26-4/h5-6,10,13-15,23H,7-8H2,1-4H3/t10?,13-,14+,15?. The summed E-state index contributed by atoms with van der Waals surface area (Å²) in [5.41, 5.74) is 2.01. The van der Waals surface area contributed by atoms with Crippen molar-refractivity contribution < 1.29 is 14.6 Å². The van der Waals surface area contributed by atoms with Crippen molar-refractivity contribution in [3.8, 4) is 0 Å². The molecule has 7 heteroatoms. The molecule has 2 heterocycles. The smallest absolute Gasteiger partial charge is 0.309 e. The number of methoxy groups -OCH3 is 1. The van der Waals surface area contributed by atoms with Gasteiger partial charge in [0.05, 0.1) is 30.0 Å². The minimum Gasteiger partial charge on any atom is -0.469 e. The average molecular weight is 357 g/mol. The molecule has 1 N–H and O–H groups in total. The largest absolute Gasteiger partial charge is 0.469 e. The molecule has 138 valence electrons. The fourth-order valence-corrected chi connectivity index (χ4v) is 4.32. The Morgan fingerprint density at radius 1 is 1.35 bits per heavy atom. The van der Waals surface area contributed by atoms with Crippen LogP contribution in [0.15, 0.2) is 16.9 Å². The number of nitrogens with zero attached hydrogens (tertiary/aromatic N) is 3. The maximum absolute atomic E-state index is 12.9. The second-order valence-corrected chi connectivity index (χ2v) is 7.48. The summed E-state index contributed by atoms with van der Waals surface area (Å²) in [6.45, 7) is 4.96. The number of hydrogen-bond donors (Lipinski definition) is 1. The zero-order valence-electron chi connectivity index (χ0n) is 15.4. The number of rotatable bonds is 3. The van der Waals surface area contributed by atoms with Crippen molar-refractivity contribution in [2.24, 2.45) is 24.8 Å². The number of anilines is 1. The summed E-state index contributed by atoms with van der Waals surface area (Å²) in [7, 11) is 3.14. The minimum atomic E-state index is -0.708. The molecule has 1 aliphatic carbocycles. The first-order chi connectivity index (χ1) is 12.3. The van der Waals surface area contributed by atoms with E-state index in [0.29, 0.717) is 35.5 Å². The van der Waals surface area contributed by atoms with Gasteiger partial charge in [-0.15, -0.1) is 0 Å². The van der Waals surface area contributed by atoms with Gasteiger partial charge in [-0.2, -0.15) is 0 Å². The van der Waals surface area contributed by atoms with Crippen LogP contribution in [0.1, 0.15) is 24.2 Å². The normalized spacial score (nSPS) is 25.3. The van der Waals surface area contributed by atoms with Gasteiger partial charge in [-0.25, -0.2) is 4.98 Å². The van der Waals surface area contributed by atoms with Gasteiger partial charge < -0.3 is 14.7 Å². The van der Waals surface area contributed by atoms with E-state index in [0.717, 1.165) is 5.56 Å². The number of ether oxygens (including phenoxy) is 1. The molecule has 4 rings (SSSR count). The maximum Gasteiger partial charge on any atom is 0.309 e. The second-order valence-electron chi connectivity index (χ2n) is 7.48. The van der Waals surface area contributed by atoms with Crippen LogP contribution in [0, 0.1) is 24.7 Å². The molecule has 0 spiro atoms. The third-order valence-electron chi connectivity index (χ3n) is 5.73. The first-order valence-corrected chi connectivity index (χ1v) is 8.85. The number of aromatic nitrogens is 2. The summed E-state index contributed by atoms with van der Waals surface area (Å²) >= 11 is 0. The highest BCUT2D eigenvalue weighted by Crippen LogP contribution is 2.52. The van der Waals surface area contributed by atoms with E-state index in [2.05, 4.69) is 4.90 Å². The lowest BCUT2D eigenvalue weighted by Crippen LogP contribution is -2.33. The highest BCUT2D eigenvalue weighted by atomic mass is 16.5. The first kappa shape index (κ1) is 17.0. The number of aliphatic hydroxyl groups is 1. The number of aliphatic hydroxyl groups excluding tert-OH is 1. The fourth-order valence-electron chi connectivity index (χ4n) is 4.32. The summed E-state index contributed by atoms with van der Waals surface area (Å²) in [5, 5.41) is 10.6. The van der Waals surface area contributed by atoms with Crippen molar-refractivity contribution in [1.82, 2.24) is 9.55 Å². The van der Waals surface area contributed by atoms with Gasteiger partial charge in [0.15, 0.2) is 0 Å². The van der Waals surface area contributed by atoms with E-state index < -0.39 is 6.10 Å². The lowest BCUT2D eigenvalue weighted by atomic mass is 10.0. The van der Waals surface area contributed by atoms with E-state index in [1.54, 1.807) is 18.5 Å². The molecular weight excluding hydrogens is 334 g/mol. The van der Waals surface area contributed by atoms with E-state index in [1.165, 1.54) is 7.11 Å². The maximum atomic E-state index is 12.9. The minimum absolute atomic E-state index is 0.0237. The monoisotopic (exact) mass is 357 g/mol. The van der Waals surface area contributed by atoms with Crippen LogP contribution in [-0.2, 0) is 16.6 Å². The zero-order chi connectivity index (χ0) is 18.7. The highest BCUT2D eigenvalue weighted by Gasteiger charge is 2.60. The predicted octanol–water partition coefficient (Wildman–Crippen LogP) is 1.15. The van der Waals surface area contributed by atoms with Crippen LogP contribution in [0.25, 0.3) is 10.9 Å². The summed E-state index contributed by atoms with van der Waals surface area (Å²) in [6, 6.07) is 3.69. The number of benzene rings is 1. The number of carbonyl (C=O) groups is 1. The highest BCUT2D eigenvalue weighted by molar-refractivity contribution is 5.83. The Morgan fingerprint density at radius 3 is 2.58 bits per heavy atom. The molecule has 1 saturated carbocycles. The van der Waals surface area contributed by atoms with Crippen LogP contribution in [0.5, 0.6) is 0 Å². The molecule has 2 aliphatic rings. The first-order valence-electron chi connectivity index (χ1n) is 8.85. The molecule has 1 saturated heterocycles. The number of carbonyl (C=O) groups excluding carboxylic acids is 1. The molecule has 26 heavy (non-hydrogen) atoms. The van der Waals surface area contributed by atoms with E-state index in [1.807, 2.05) is 19.1 Å². The zero-order valence-corrected chi connectivity index (χ0v) is 15.4. The van der Waals surface area contributed by atoms with Gasteiger partial charge in [0.25, 0.3) is 5.56 Å². The van der Waals surface area contributed by atoms with Crippen LogP contribution in [0.4, 0.5) is 5.95 Å². The van der Waals surface area contributed by atoms with Crippen molar-refractivity contribution in [3.63, 3.8) is 0 Å². The third kappa shape index (κ3) is 2.41. The van der Waals surface area contributed by atoms with Crippen LogP contribution >= 0.6 is 0 Å². The van der Waals surface area contributed by atoms with Gasteiger partial charge in [-0.3, -0.25) is 14.2 Å². The van der Waals surface area contributed by atoms with Gasteiger partial charge in [0.1, 0.15) is 0 Å². The molecule has 2 aromatic rings. The molecule has 1 aliphatic heterocycles. The molecule has 1 aromatic heterocycles. The Labute approximate surface area is 151 Å². The lowest BCUT2D eigenvalue weighted by molar-refractivity contribution is -0.142.